The normalized spacial score (nSPS) is 16.6. The van der Waals surface area contributed by atoms with Gasteiger partial charge in [0.25, 0.3) is 0 Å². The third kappa shape index (κ3) is 9.23. The minimum Gasteiger partial charge on any atom is -0.449 e. The number of ether oxygens (including phenoxy) is 1. The summed E-state index contributed by atoms with van der Waals surface area (Å²) in [5.41, 5.74) is 7.70. The van der Waals surface area contributed by atoms with Gasteiger partial charge in [0, 0.05) is 29.8 Å². The SMILES string of the molecule is CCCC[C@H](C)c1ccc(C(N[C@@H](CCCCNC(=O)OCC2c3ccccc3-c3ccccc32)C(=O)N2CCS[C@H]2C#N)(c2ccccc2)c2ccccc2Cl)cc1. The molecule has 2 N–H and O–H groups in total. The van der Waals surface area contributed by atoms with Crippen LogP contribution in [0.4, 0.5) is 4.79 Å². The quantitative estimate of drug-likeness (QED) is 0.0716. The van der Waals surface area contributed by atoms with Crippen LogP contribution in [0.25, 0.3) is 11.1 Å². The van der Waals surface area contributed by atoms with Gasteiger partial charge >= 0.3 is 6.09 Å². The van der Waals surface area contributed by atoms with Crippen LogP contribution in [-0.2, 0) is 15.1 Å². The van der Waals surface area contributed by atoms with Crippen molar-refractivity contribution in [3.63, 3.8) is 0 Å². The van der Waals surface area contributed by atoms with Crippen molar-refractivity contribution < 1.29 is 14.3 Å². The van der Waals surface area contributed by atoms with Gasteiger partial charge in [0.1, 0.15) is 6.61 Å². The lowest BCUT2D eigenvalue weighted by atomic mass is 9.75. The Balaban J connectivity index is 1.11. The van der Waals surface area contributed by atoms with Crippen LogP contribution in [0.15, 0.2) is 127 Å². The molecule has 2 aliphatic rings. The summed E-state index contributed by atoms with van der Waals surface area (Å²) in [6.45, 7) is 5.63. The predicted octanol–water partition coefficient (Wildman–Crippen LogP) is 11.0. The number of hydrogen-bond acceptors (Lipinski definition) is 6. The van der Waals surface area contributed by atoms with E-state index in [9.17, 15) is 14.9 Å². The highest BCUT2D eigenvalue weighted by Gasteiger charge is 2.43. The number of alkyl carbamates (subject to hydrolysis) is 1. The van der Waals surface area contributed by atoms with Gasteiger partial charge in [-0.15, -0.1) is 11.8 Å². The number of nitrogens with one attached hydrogen (secondary N) is 2. The number of amides is 2. The number of hydrogen-bond donors (Lipinski definition) is 2. The second-order valence-electron chi connectivity index (χ2n) is 15.6. The fourth-order valence-corrected chi connectivity index (χ4v) is 10.0. The van der Waals surface area contributed by atoms with Crippen LogP contribution in [0.5, 0.6) is 0 Å². The van der Waals surface area contributed by atoms with Gasteiger partial charge in [-0.2, -0.15) is 5.26 Å². The zero-order chi connectivity index (χ0) is 41.2. The molecule has 304 valence electrons. The molecule has 1 aliphatic heterocycles. The van der Waals surface area contributed by atoms with Crippen molar-refractivity contribution in [2.75, 3.05) is 25.4 Å². The minimum absolute atomic E-state index is 0.0179. The highest BCUT2D eigenvalue weighted by atomic mass is 35.5. The first-order chi connectivity index (χ1) is 28.8. The van der Waals surface area contributed by atoms with E-state index in [1.54, 1.807) is 4.90 Å². The molecule has 59 heavy (non-hydrogen) atoms. The number of nitrogens with zero attached hydrogens (tertiary/aromatic N) is 2. The molecule has 1 aliphatic carbocycles. The van der Waals surface area contributed by atoms with Gasteiger partial charge in [0.2, 0.25) is 5.91 Å². The molecule has 5 aromatic rings. The fraction of sp³-hybridized carbons (Fsp3) is 0.340. The van der Waals surface area contributed by atoms with E-state index < -0.39 is 23.0 Å². The summed E-state index contributed by atoms with van der Waals surface area (Å²) in [4.78, 5) is 29.5. The van der Waals surface area contributed by atoms with Gasteiger partial charge in [0.05, 0.1) is 17.6 Å². The monoisotopic (exact) mass is 824 g/mol. The van der Waals surface area contributed by atoms with E-state index in [2.05, 4.69) is 91.2 Å². The smallest absolute Gasteiger partial charge is 0.407 e. The highest BCUT2D eigenvalue weighted by Crippen LogP contribution is 2.45. The first-order valence-corrected chi connectivity index (χ1v) is 22.4. The zero-order valence-corrected chi connectivity index (χ0v) is 35.5. The predicted molar refractivity (Wildman–Crippen MR) is 240 cm³/mol. The Morgan fingerprint density at radius 3 is 2.17 bits per heavy atom. The van der Waals surface area contributed by atoms with Crippen LogP contribution in [0.1, 0.15) is 97.6 Å². The van der Waals surface area contributed by atoms with Crippen molar-refractivity contribution >= 4 is 35.4 Å². The van der Waals surface area contributed by atoms with Crippen LogP contribution in [-0.4, -0.2) is 53.8 Å². The average molecular weight is 826 g/mol. The molecule has 7 rings (SSSR count). The topological polar surface area (TPSA) is 94.5 Å². The number of nitriles is 1. The molecule has 4 atom stereocenters. The maximum absolute atomic E-state index is 14.7. The molecule has 1 fully saturated rings. The van der Waals surface area contributed by atoms with E-state index in [0.717, 1.165) is 29.5 Å². The van der Waals surface area contributed by atoms with Crippen molar-refractivity contribution in [3.8, 4) is 17.2 Å². The largest absolute Gasteiger partial charge is 0.449 e. The van der Waals surface area contributed by atoms with Crippen LogP contribution in [0.3, 0.4) is 0 Å². The molecule has 1 saturated heterocycles. The van der Waals surface area contributed by atoms with E-state index in [1.165, 1.54) is 46.0 Å². The number of carbonyl (C=O) groups is 2. The molecule has 9 heteroatoms. The lowest BCUT2D eigenvalue weighted by Gasteiger charge is -2.41. The second kappa shape index (κ2) is 19.8. The van der Waals surface area contributed by atoms with E-state index in [1.807, 2.05) is 66.7 Å². The van der Waals surface area contributed by atoms with Gasteiger partial charge in [-0.1, -0.05) is 160 Å². The minimum atomic E-state index is -1.01. The Kier molecular flexibility index (Phi) is 14.1. The first-order valence-electron chi connectivity index (χ1n) is 20.9. The highest BCUT2D eigenvalue weighted by molar-refractivity contribution is 8.00. The maximum Gasteiger partial charge on any atom is 0.407 e. The number of benzene rings is 5. The van der Waals surface area contributed by atoms with Crippen LogP contribution in [0.2, 0.25) is 5.02 Å². The van der Waals surface area contributed by atoms with E-state index >= 15 is 0 Å². The standard InChI is InChI=1S/C50H53ClN4O3S/c1-3-4-16-35(2)36-26-28-38(29-27-36)50(37-17-6-5-7-18-37,44-23-12-13-24-45(44)51)54-46(48(56)55-31-32-59-47(55)33-52)25-14-15-30-53-49(57)58-34-43-41-21-10-8-19-39(41)40-20-9-11-22-42(40)43/h5-13,17-24,26-29,35,43,46-47,54H,3-4,14-16,25,30-32,34H2,1-2H3,(H,53,57)/t35-,46-,47-,50?/m0/s1. The van der Waals surface area contributed by atoms with Crippen molar-refractivity contribution in [2.24, 2.45) is 0 Å². The average Bonchev–Trinajstić information content (AvgIpc) is 3.89. The van der Waals surface area contributed by atoms with E-state index in [-0.39, 0.29) is 18.4 Å². The van der Waals surface area contributed by atoms with Crippen LogP contribution >= 0.6 is 23.4 Å². The molecule has 1 heterocycles. The number of thioether (sulfide) groups is 1. The van der Waals surface area contributed by atoms with Gasteiger partial charge in [0.15, 0.2) is 5.37 Å². The summed E-state index contributed by atoms with van der Waals surface area (Å²) < 4.78 is 5.79. The Labute approximate surface area is 358 Å². The molecule has 0 bridgehead atoms. The molecule has 0 radical (unpaired) electrons. The number of unbranched alkanes of at least 4 members (excludes halogenated alkanes) is 2. The molecule has 7 nitrogen and oxygen atoms in total. The number of rotatable bonds is 17. The molecular formula is C50H53ClN4O3S. The Morgan fingerprint density at radius 2 is 1.49 bits per heavy atom. The molecular weight excluding hydrogens is 772 g/mol. The van der Waals surface area contributed by atoms with Crippen molar-refractivity contribution in [1.29, 1.82) is 5.26 Å². The Bertz CT molecular complexity index is 2200. The molecule has 0 spiro atoms. The van der Waals surface area contributed by atoms with Crippen molar-refractivity contribution in [1.82, 2.24) is 15.5 Å². The van der Waals surface area contributed by atoms with E-state index in [0.29, 0.717) is 49.0 Å². The van der Waals surface area contributed by atoms with Gasteiger partial charge < -0.3 is 15.0 Å². The summed E-state index contributed by atoms with van der Waals surface area (Å²) in [6.07, 6.45) is 4.70. The first kappa shape index (κ1) is 42.1. The van der Waals surface area contributed by atoms with Gasteiger partial charge in [-0.3, -0.25) is 10.1 Å². The molecule has 0 saturated carbocycles. The molecule has 2 amide bonds. The summed E-state index contributed by atoms with van der Waals surface area (Å²) in [6, 6.07) is 45.0. The van der Waals surface area contributed by atoms with E-state index in [4.69, 9.17) is 16.3 Å². The zero-order valence-electron chi connectivity index (χ0n) is 33.9. The summed E-state index contributed by atoms with van der Waals surface area (Å²) >= 11 is 8.63. The number of halogens is 1. The van der Waals surface area contributed by atoms with Gasteiger partial charge in [-0.25, -0.2) is 4.79 Å². The maximum atomic E-state index is 14.7. The van der Waals surface area contributed by atoms with Crippen molar-refractivity contribution in [3.05, 3.63) is 166 Å². The lowest BCUT2D eigenvalue weighted by molar-refractivity contribution is -0.133. The fourth-order valence-electron chi connectivity index (χ4n) is 8.75. The summed E-state index contributed by atoms with van der Waals surface area (Å²) in [5, 5.41) is 16.9. The lowest BCUT2D eigenvalue weighted by Crippen LogP contribution is -2.56. The Morgan fingerprint density at radius 1 is 0.847 bits per heavy atom. The summed E-state index contributed by atoms with van der Waals surface area (Å²) in [5.74, 6) is 0.974. The van der Waals surface area contributed by atoms with Crippen LogP contribution in [0, 0.1) is 11.3 Å². The number of fused-ring (bicyclic) bond motifs is 3. The molecule has 0 aromatic heterocycles. The Hall–Kier alpha value is -5.07. The third-order valence-corrected chi connectivity index (χ3v) is 13.3. The molecule has 5 aromatic carbocycles. The number of carbonyl (C=O) groups excluding carboxylic acids is 2. The molecule has 1 unspecified atom stereocenters. The third-order valence-electron chi connectivity index (χ3n) is 11.9. The van der Waals surface area contributed by atoms with Gasteiger partial charge in [-0.05, 0) is 82.2 Å². The van der Waals surface area contributed by atoms with Crippen molar-refractivity contribution in [2.45, 2.75) is 81.2 Å². The van der Waals surface area contributed by atoms with Crippen LogP contribution < -0.4 is 10.6 Å². The summed E-state index contributed by atoms with van der Waals surface area (Å²) in [7, 11) is 0. The second-order valence-corrected chi connectivity index (χ2v) is 17.2.